The number of carbonyl (C=O) groups is 1. The molecule has 1 saturated carbocycles. The van der Waals surface area contributed by atoms with Gasteiger partial charge in [-0.1, -0.05) is 31.5 Å². The Hall–Kier alpha value is -4.22. The summed E-state index contributed by atoms with van der Waals surface area (Å²) in [5, 5.41) is 3.59. The zero-order valence-electron chi connectivity index (χ0n) is 28.1. The quantitative estimate of drug-likeness (QED) is 0.210. The van der Waals surface area contributed by atoms with Crippen LogP contribution in [0.25, 0.3) is 0 Å². The highest BCUT2D eigenvalue weighted by Gasteiger charge is 2.63. The highest BCUT2D eigenvalue weighted by atomic mass is 35.5. The molecule has 2 atom stereocenters. The van der Waals surface area contributed by atoms with Gasteiger partial charge >= 0.3 is 11.8 Å². The second-order valence-corrected chi connectivity index (χ2v) is 14.8. The third-order valence-corrected chi connectivity index (χ3v) is 10.8. The van der Waals surface area contributed by atoms with Crippen LogP contribution < -0.4 is 19.7 Å². The van der Waals surface area contributed by atoms with Crippen LogP contribution in [0.1, 0.15) is 52.7 Å². The van der Waals surface area contributed by atoms with E-state index in [-0.39, 0.29) is 29.9 Å². The lowest BCUT2D eigenvalue weighted by atomic mass is 9.88. The number of aliphatic imine (C=N–C) groups is 1. The number of amidine groups is 1. The van der Waals surface area contributed by atoms with Gasteiger partial charge in [-0.05, 0) is 60.9 Å². The molecule has 12 heteroatoms. The van der Waals surface area contributed by atoms with Crippen molar-refractivity contribution in [2.75, 3.05) is 49.7 Å². The first-order valence-electron chi connectivity index (χ1n) is 16.9. The number of pyridine rings is 1. The van der Waals surface area contributed by atoms with Crippen molar-refractivity contribution >= 4 is 51.9 Å². The second-order valence-electron chi connectivity index (χ2n) is 14.3. The topological polar surface area (TPSA) is 97.5 Å². The van der Waals surface area contributed by atoms with Crippen molar-refractivity contribution in [3.8, 4) is 11.5 Å². The van der Waals surface area contributed by atoms with Crippen molar-refractivity contribution < 1.29 is 32.7 Å². The molecule has 1 unspecified atom stereocenters. The molecule has 5 heterocycles. The van der Waals surface area contributed by atoms with E-state index in [0.717, 1.165) is 55.3 Å². The molecular weight excluding hydrogens is 649 g/mol. The van der Waals surface area contributed by atoms with Gasteiger partial charge in [0.15, 0.2) is 23.0 Å². The average Bonchev–Trinajstić information content (AvgIpc) is 3.31. The van der Waals surface area contributed by atoms with Crippen molar-refractivity contribution in [1.82, 2.24) is 4.98 Å². The number of carbonyl (C=O) groups excluding carboxylic acids is 1. The molecule has 10 nitrogen and oxygen atoms in total. The summed E-state index contributed by atoms with van der Waals surface area (Å²) < 4.78 is 41.7. The number of halogens is 2. The Morgan fingerprint density at radius 3 is 2.69 bits per heavy atom. The normalized spacial score (nSPS) is 25.7. The van der Waals surface area contributed by atoms with Crippen LogP contribution in [0.2, 0.25) is 5.02 Å². The summed E-state index contributed by atoms with van der Waals surface area (Å²) in [5.41, 5.74) is 4.06. The third kappa shape index (κ3) is 5.51. The summed E-state index contributed by atoms with van der Waals surface area (Å²) >= 11 is 6.08. The number of piperidine rings is 1. The predicted molar refractivity (Wildman–Crippen MR) is 184 cm³/mol. The van der Waals surface area contributed by atoms with E-state index in [1.165, 1.54) is 6.07 Å². The average molecular weight is 689 g/mol. The van der Waals surface area contributed by atoms with E-state index in [2.05, 4.69) is 39.7 Å². The van der Waals surface area contributed by atoms with Crippen LogP contribution in [0.5, 0.6) is 11.5 Å². The highest BCUT2D eigenvalue weighted by Crippen LogP contribution is 2.63. The summed E-state index contributed by atoms with van der Waals surface area (Å²) in [5.74, 6) is 0.603. The SMILES string of the molecule is CCOC(=O)CNc1cc(F)c2c(c1)[N+](=C1COCC1(C)C)C([C@@H]1CC13CCN(c1cccc4c1OC(C)(c1ccc(Cl)cn1)O4)CC3)=N2. The van der Waals surface area contributed by atoms with Crippen LogP contribution in [0.15, 0.2) is 53.7 Å². The number of nitrogens with one attached hydrogen (secondary N) is 1. The Kier molecular flexibility index (Phi) is 7.64. The standard InChI is InChI=1S/C37H40ClFN5O5/c1-5-47-31(45)19-40-23-15-25(39)32-27(16-23)44(30-20-46-21-35(30,2)3)34(42-32)24-17-37(24)11-13-43(14-12-37)26-7-6-8-28-33(26)49-36(4,48-28)29-10-9-22(38)18-41-29/h6-10,15-16,18,24,40H,5,11-14,17,19-21H2,1-4H3/q+1/t24-,36?/m0/s1. The first kappa shape index (κ1) is 32.0. The van der Waals surface area contributed by atoms with Crippen LogP contribution in [-0.2, 0) is 20.1 Å². The van der Waals surface area contributed by atoms with E-state index in [0.29, 0.717) is 46.7 Å². The maximum absolute atomic E-state index is 15.7. The van der Waals surface area contributed by atoms with Crippen LogP contribution >= 0.6 is 11.6 Å². The molecule has 0 amide bonds. The molecule has 8 rings (SSSR count). The number of para-hydroxylation sites is 1. The highest BCUT2D eigenvalue weighted by molar-refractivity contribution is 6.30. The van der Waals surface area contributed by atoms with Crippen molar-refractivity contribution in [2.24, 2.45) is 21.7 Å². The number of nitrogens with zero attached hydrogens (tertiary/aromatic N) is 4. The smallest absolute Gasteiger partial charge is 0.325 e. The number of anilines is 2. The molecule has 0 radical (unpaired) electrons. The fourth-order valence-corrected chi connectivity index (χ4v) is 7.89. The number of fused-ring (bicyclic) bond motifs is 2. The molecule has 49 heavy (non-hydrogen) atoms. The maximum atomic E-state index is 15.7. The van der Waals surface area contributed by atoms with Gasteiger partial charge in [0, 0.05) is 49.4 Å². The van der Waals surface area contributed by atoms with Crippen molar-refractivity contribution in [2.45, 2.75) is 52.7 Å². The number of hydrogen-bond acceptors (Lipinski definition) is 9. The molecule has 2 saturated heterocycles. The number of benzene rings is 2. The summed E-state index contributed by atoms with van der Waals surface area (Å²) in [6, 6.07) is 12.9. The first-order chi connectivity index (χ1) is 23.5. The zero-order chi connectivity index (χ0) is 34.1. The minimum atomic E-state index is -1.06. The van der Waals surface area contributed by atoms with E-state index in [4.69, 9.17) is 35.5 Å². The Morgan fingerprint density at radius 2 is 1.98 bits per heavy atom. The lowest BCUT2D eigenvalue weighted by molar-refractivity contribution is -0.312. The van der Waals surface area contributed by atoms with Gasteiger partial charge in [-0.15, -0.1) is 0 Å². The van der Waals surface area contributed by atoms with Gasteiger partial charge in [0.05, 0.1) is 29.8 Å². The number of ether oxygens (including phenoxy) is 4. The van der Waals surface area contributed by atoms with Crippen LogP contribution in [0, 0.1) is 22.6 Å². The summed E-state index contributed by atoms with van der Waals surface area (Å²) in [6.07, 6.45) is 4.51. The Balaban J connectivity index is 1.03. The molecule has 2 aromatic carbocycles. The zero-order valence-corrected chi connectivity index (χ0v) is 28.9. The van der Waals surface area contributed by atoms with Crippen molar-refractivity contribution in [3.05, 3.63) is 65.2 Å². The minimum Gasteiger partial charge on any atom is -0.465 e. The van der Waals surface area contributed by atoms with E-state index < -0.39 is 17.6 Å². The Labute approximate surface area is 289 Å². The first-order valence-corrected chi connectivity index (χ1v) is 17.3. The number of hydrogen-bond donors (Lipinski definition) is 1. The molecule has 1 aliphatic carbocycles. The molecule has 0 bridgehead atoms. The van der Waals surface area contributed by atoms with Gasteiger partial charge in [-0.3, -0.25) is 9.78 Å². The van der Waals surface area contributed by atoms with Gasteiger partial charge in [0.2, 0.25) is 0 Å². The molecule has 5 aliphatic rings. The van der Waals surface area contributed by atoms with E-state index in [1.54, 1.807) is 19.2 Å². The molecule has 4 aliphatic heterocycles. The van der Waals surface area contributed by atoms with E-state index in [1.807, 2.05) is 31.2 Å². The van der Waals surface area contributed by atoms with Gasteiger partial charge in [0.25, 0.3) is 11.5 Å². The maximum Gasteiger partial charge on any atom is 0.325 e. The summed E-state index contributed by atoms with van der Waals surface area (Å²) in [7, 11) is 0. The lowest BCUT2D eigenvalue weighted by Gasteiger charge is -2.35. The van der Waals surface area contributed by atoms with Gasteiger partial charge in [-0.2, -0.15) is 4.58 Å². The van der Waals surface area contributed by atoms with Gasteiger partial charge in [0.1, 0.15) is 24.6 Å². The van der Waals surface area contributed by atoms with E-state index >= 15 is 4.39 Å². The number of esters is 1. The fourth-order valence-electron chi connectivity index (χ4n) is 7.78. The molecule has 1 N–H and O–H groups in total. The monoisotopic (exact) mass is 688 g/mol. The minimum absolute atomic E-state index is 0.0494. The summed E-state index contributed by atoms with van der Waals surface area (Å²) in [4.78, 5) is 23.9. The van der Waals surface area contributed by atoms with Crippen molar-refractivity contribution in [1.29, 1.82) is 0 Å². The predicted octanol–water partition coefficient (Wildman–Crippen LogP) is 6.98. The third-order valence-electron chi connectivity index (χ3n) is 10.6. The Bertz CT molecular complexity index is 1910. The molecule has 3 aromatic rings. The largest absolute Gasteiger partial charge is 0.465 e. The summed E-state index contributed by atoms with van der Waals surface area (Å²) in [6.45, 7) is 10.9. The molecule has 1 spiro atoms. The van der Waals surface area contributed by atoms with Crippen LogP contribution in [0.3, 0.4) is 0 Å². The lowest BCUT2D eigenvalue weighted by Crippen LogP contribution is -2.38. The number of aromatic nitrogens is 1. The van der Waals surface area contributed by atoms with Crippen molar-refractivity contribution in [3.63, 3.8) is 0 Å². The van der Waals surface area contributed by atoms with E-state index in [9.17, 15) is 4.79 Å². The van der Waals surface area contributed by atoms with Gasteiger partial charge < -0.3 is 29.2 Å². The molecular formula is C37H40ClFN5O5+. The van der Waals surface area contributed by atoms with Gasteiger partial charge in [-0.25, -0.2) is 4.39 Å². The van der Waals surface area contributed by atoms with Crippen LogP contribution in [-0.4, -0.2) is 66.5 Å². The molecule has 1 aromatic heterocycles. The van der Waals surface area contributed by atoms with Crippen LogP contribution in [0.4, 0.5) is 27.1 Å². The fraction of sp³-hybridized carbons (Fsp3) is 0.459. The Morgan fingerprint density at radius 1 is 1.16 bits per heavy atom. The second kappa shape index (κ2) is 11.7. The molecule has 3 fully saturated rings. The number of rotatable bonds is 7. The molecule has 256 valence electrons.